The lowest BCUT2D eigenvalue weighted by Crippen LogP contribution is -2.28. The highest BCUT2D eigenvalue weighted by Crippen LogP contribution is 2.04. The smallest absolute Gasteiger partial charge is 0.309 e. The third-order valence-electron chi connectivity index (χ3n) is 2.65. The normalized spacial score (nSPS) is 12.9. The molecule has 0 radical (unpaired) electrons. The van der Waals surface area contributed by atoms with Crippen molar-refractivity contribution in [2.75, 3.05) is 18.6 Å². The van der Waals surface area contributed by atoms with Crippen LogP contribution in [0.25, 0.3) is 0 Å². The van der Waals surface area contributed by atoms with Gasteiger partial charge in [-0.05, 0) is 6.07 Å². The van der Waals surface area contributed by atoms with E-state index >= 15 is 0 Å². The van der Waals surface area contributed by atoms with Gasteiger partial charge in [0.15, 0.2) is 9.84 Å². The van der Waals surface area contributed by atoms with Crippen LogP contribution in [0.3, 0.4) is 0 Å². The van der Waals surface area contributed by atoms with Gasteiger partial charge >= 0.3 is 5.97 Å². The molecule has 1 aromatic heterocycles. The number of carbonyl (C=O) groups excluding carboxylic acids is 1. The van der Waals surface area contributed by atoms with Crippen LogP contribution >= 0.6 is 0 Å². The minimum Gasteiger partial charge on any atom is -0.469 e. The van der Waals surface area contributed by atoms with Gasteiger partial charge in [0.2, 0.25) is 0 Å². The van der Waals surface area contributed by atoms with Crippen LogP contribution in [-0.4, -0.2) is 37.6 Å². The molecule has 0 saturated carbocycles. The van der Waals surface area contributed by atoms with Gasteiger partial charge in [-0.25, -0.2) is 8.42 Å². The van der Waals surface area contributed by atoms with Crippen LogP contribution in [0.4, 0.5) is 0 Å². The lowest BCUT2D eigenvalue weighted by atomic mass is 10.2. The van der Waals surface area contributed by atoms with E-state index in [0.29, 0.717) is 0 Å². The molecule has 1 aromatic rings. The van der Waals surface area contributed by atoms with Gasteiger partial charge in [-0.3, -0.25) is 9.59 Å². The second-order valence-corrected chi connectivity index (χ2v) is 6.50. The number of hydrogen-bond acceptors (Lipinski definition) is 5. The number of esters is 1. The molecule has 1 atom stereocenters. The maximum Gasteiger partial charge on any atom is 0.309 e. The summed E-state index contributed by atoms with van der Waals surface area (Å²) in [5, 5.41) is 0. The van der Waals surface area contributed by atoms with Crippen molar-refractivity contribution in [2.45, 2.75) is 13.5 Å². The number of pyridine rings is 1. The van der Waals surface area contributed by atoms with Gasteiger partial charge in [-0.15, -0.1) is 0 Å². The lowest BCUT2D eigenvalue weighted by Gasteiger charge is -2.10. The molecule has 0 spiro atoms. The molecule has 1 heterocycles. The van der Waals surface area contributed by atoms with Crippen molar-refractivity contribution in [3.05, 3.63) is 34.7 Å². The fourth-order valence-electron chi connectivity index (χ4n) is 1.62. The number of carbonyl (C=O) groups is 1. The fraction of sp³-hybridized carbons (Fsp3) is 0.500. The summed E-state index contributed by atoms with van der Waals surface area (Å²) in [7, 11) is -2.19. The first-order chi connectivity index (χ1) is 8.85. The monoisotopic (exact) mass is 287 g/mol. The van der Waals surface area contributed by atoms with Gasteiger partial charge in [0.1, 0.15) is 0 Å². The number of sulfone groups is 1. The first kappa shape index (κ1) is 15.4. The van der Waals surface area contributed by atoms with Crippen molar-refractivity contribution in [3.63, 3.8) is 0 Å². The van der Waals surface area contributed by atoms with E-state index in [1.165, 1.54) is 30.9 Å². The molecule has 0 aliphatic rings. The largest absolute Gasteiger partial charge is 0.469 e. The molecule has 7 heteroatoms. The molecule has 106 valence electrons. The molecule has 0 aliphatic heterocycles. The Balaban J connectivity index is 2.64. The van der Waals surface area contributed by atoms with Crippen molar-refractivity contribution in [1.82, 2.24) is 4.57 Å². The fourth-order valence-corrected chi connectivity index (χ4v) is 3.16. The third kappa shape index (κ3) is 4.86. The van der Waals surface area contributed by atoms with Crippen molar-refractivity contribution in [3.8, 4) is 0 Å². The van der Waals surface area contributed by atoms with Crippen molar-refractivity contribution < 1.29 is 17.9 Å². The maximum absolute atomic E-state index is 11.8. The molecule has 0 saturated heterocycles. The minimum atomic E-state index is -3.41. The topological polar surface area (TPSA) is 82.4 Å². The van der Waals surface area contributed by atoms with Crippen LogP contribution in [0, 0.1) is 5.92 Å². The molecule has 6 nitrogen and oxygen atoms in total. The van der Waals surface area contributed by atoms with E-state index in [2.05, 4.69) is 4.74 Å². The van der Waals surface area contributed by atoms with E-state index < -0.39 is 21.7 Å². The zero-order valence-electron chi connectivity index (χ0n) is 10.9. The number of ether oxygens (including phenoxy) is 1. The van der Waals surface area contributed by atoms with Crippen LogP contribution in [-0.2, 0) is 25.9 Å². The SMILES string of the molecule is COC(=O)C(C)CS(=O)(=O)CCn1ccccc1=O. The Morgan fingerprint density at radius 3 is 2.68 bits per heavy atom. The lowest BCUT2D eigenvalue weighted by molar-refractivity contribution is -0.144. The summed E-state index contributed by atoms with van der Waals surface area (Å²) < 4.78 is 29.4. The zero-order valence-corrected chi connectivity index (χ0v) is 11.7. The Hall–Kier alpha value is -1.63. The molecule has 0 aromatic carbocycles. The summed E-state index contributed by atoms with van der Waals surface area (Å²) in [6.45, 7) is 1.58. The van der Waals surface area contributed by atoms with Gasteiger partial charge in [0, 0.05) is 18.8 Å². The van der Waals surface area contributed by atoms with Crippen molar-refractivity contribution >= 4 is 15.8 Å². The summed E-state index contributed by atoms with van der Waals surface area (Å²) in [6, 6.07) is 4.61. The van der Waals surface area contributed by atoms with Crippen LogP contribution in [0.1, 0.15) is 6.92 Å². The highest BCUT2D eigenvalue weighted by Gasteiger charge is 2.22. The van der Waals surface area contributed by atoms with Gasteiger partial charge < -0.3 is 9.30 Å². The molecule has 1 rings (SSSR count). The summed E-state index contributed by atoms with van der Waals surface area (Å²) in [4.78, 5) is 22.6. The molecule has 0 fully saturated rings. The van der Waals surface area contributed by atoms with E-state index in [9.17, 15) is 18.0 Å². The average molecular weight is 287 g/mol. The molecular formula is C12H17NO5S. The zero-order chi connectivity index (χ0) is 14.5. The van der Waals surface area contributed by atoms with Gasteiger partial charge in [0.05, 0.1) is 24.5 Å². The van der Waals surface area contributed by atoms with E-state index in [1.807, 2.05) is 0 Å². The summed E-state index contributed by atoms with van der Waals surface area (Å²) in [5.74, 6) is -1.72. The summed E-state index contributed by atoms with van der Waals surface area (Å²) in [6.07, 6.45) is 1.53. The number of nitrogens with zero attached hydrogens (tertiary/aromatic N) is 1. The average Bonchev–Trinajstić information content (AvgIpc) is 2.36. The minimum absolute atomic E-state index is 0.0793. The van der Waals surface area contributed by atoms with E-state index in [1.54, 1.807) is 12.1 Å². The standard InChI is InChI=1S/C12H17NO5S/c1-10(12(15)18-2)9-19(16,17)8-7-13-6-4-3-5-11(13)14/h3-6,10H,7-9H2,1-2H3. The molecule has 0 N–H and O–H groups in total. The Morgan fingerprint density at radius 2 is 2.11 bits per heavy atom. The Labute approximate surface area is 111 Å². The Morgan fingerprint density at radius 1 is 1.42 bits per heavy atom. The number of aromatic nitrogens is 1. The molecular weight excluding hydrogens is 270 g/mol. The predicted molar refractivity (Wildman–Crippen MR) is 70.5 cm³/mol. The quantitative estimate of drug-likeness (QED) is 0.692. The molecule has 1 unspecified atom stereocenters. The summed E-state index contributed by atoms with van der Waals surface area (Å²) >= 11 is 0. The predicted octanol–water partition coefficient (Wildman–Crippen LogP) is 0.0722. The second kappa shape index (κ2) is 6.51. The van der Waals surface area contributed by atoms with Crippen LogP contribution in [0.2, 0.25) is 0 Å². The van der Waals surface area contributed by atoms with Crippen LogP contribution in [0.15, 0.2) is 29.2 Å². The van der Waals surface area contributed by atoms with Crippen LogP contribution < -0.4 is 5.56 Å². The van der Waals surface area contributed by atoms with Crippen molar-refractivity contribution in [2.24, 2.45) is 5.92 Å². The Bertz CT molecular complexity index is 590. The first-order valence-electron chi connectivity index (χ1n) is 5.79. The molecule has 0 bridgehead atoms. The number of aryl methyl sites for hydroxylation is 1. The number of methoxy groups -OCH3 is 1. The molecule has 19 heavy (non-hydrogen) atoms. The highest BCUT2D eigenvalue weighted by atomic mass is 32.2. The van der Waals surface area contributed by atoms with Gasteiger partial charge in [-0.1, -0.05) is 13.0 Å². The number of hydrogen-bond donors (Lipinski definition) is 0. The first-order valence-corrected chi connectivity index (χ1v) is 7.61. The van der Waals surface area contributed by atoms with E-state index in [0.717, 1.165) is 0 Å². The third-order valence-corrected chi connectivity index (χ3v) is 4.46. The van der Waals surface area contributed by atoms with E-state index in [4.69, 9.17) is 0 Å². The van der Waals surface area contributed by atoms with E-state index in [-0.39, 0.29) is 23.6 Å². The maximum atomic E-state index is 11.8. The molecule has 0 amide bonds. The molecule has 0 aliphatic carbocycles. The van der Waals surface area contributed by atoms with Gasteiger partial charge in [0.25, 0.3) is 5.56 Å². The second-order valence-electron chi connectivity index (χ2n) is 4.27. The highest BCUT2D eigenvalue weighted by molar-refractivity contribution is 7.91. The number of rotatable bonds is 6. The Kier molecular flexibility index (Phi) is 5.29. The van der Waals surface area contributed by atoms with Crippen molar-refractivity contribution in [1.29, 1.82) is 0 Å². The van der Waals surface area contributed by atoms with Gasteiger partial charge in [-0.2, -0.15) is 0 Å². The summed E-state index contributed by atoms with van der Waals surface area (Å²) in [5.41, 5.74) is -0.251. The van der Waals surface area contributed by atoms with Crippen LogP contribution in [0.5, 0.6) is 0 Å².